The number of rotatable bonds is 2. The third-order valence-electron chi connectivity index (χ3n) is 2.66. The van der Waals surface area contributed by atoms with E-state index in [2.05, 4.69) is 0 Å². The molecule has 0 atom stereocenters. The Morgan fingerprint density at radius 3 is 2.59 bits per heavy atom. The summed E-state index contributed by atoms with van der Waals surface area (Å²) < 4.78 is 4.73. The number of carbonyl (C=O) groups is 1. The lowest BCUT2D eigenvalue weighted by Crippen LogP contribution is -2.06. The topological polar surface area (TPSA) is 67.5 Å². The third-order valence-corrected chi connectivity index (χ3v) is 2.66. The molecular weight excluding hydrogens is 220 g/mol. The Labute approximate surface area is 97.5 Å². The summed E-state index contributed by atoms with van der Waals surface area (Å²) >= 11 is 0. The number of fused-ring (bicyclic) bond motifs is 1. The predicted molar refractivity (Wildman–Crippen MR) is 63.5 cm³/mol. The van der Waals surface area contributed by atoms with Gasteiger partial charge in [0, 0.05) is 0 Å². The van der Waals surface area contributed by atoms with Crippen molar-refractivity contribution >= 4 is 16.7 Å². The molecule has 2 aromatic rings. The minimum absolute atomic E-state index is 0.304. The van der Waals surface area contributed by atoms with Gasteiger partial charge in [-0.2, -0.15) is 0 Å². The highest BCUT2D eigenvalue weighted by Crippen LogP contribution is 2.20. The molecule has 0 aliphatic rings. The highest BCUT2D eigenvalue weighted by atomic mass is 16.4. The van der Waals surface area contributed by atoms with E-state index in [1.807, 2.05) is 19.9 Å². The summed E-state index contributed by atoms with van der Waals surface area (Å²) in [6, 6.07) is 6.74. The summed E-state index contributed by atoms with van der Waals surface area (Å²) in [5.41, 5.74) is 0.412. The molecule has 4 heteroatoms. The van der Waals surface area contributed by atoms with Crippen molar-refractivity contribution in [3.8, 4) is 0 Å². The molecule has 1 aromatic carbocycles. The fraction of sp³-hybridized carbons (Fsp3) is 0.231. The minimum atomic E-state index is -1.24. The van der Waals surface area contributed by atoms with Crippen molar-refractivity contribution in [3.63, 3.8) is 0 Å². The Bertz CT molecular complexity index is 637. The number of carboxylic acids is 1. The molecule has 17 heavy (non-hydrogen) atoms. The van der Waals surface area contributed by atoms with E-state index >= 15 is 0 Å². The quantitative estimate of drug-likeness (QED) is 0.864. The first-order valence-corrected chi connectivity index (χ1v) is 5.30. The molecule has 1 aromatic heterocycles. The van der Waals surface area contributed by atoms with E-state index in [1.54, 1.807) is 12.1 Å². The van der Waals surface area contributed by atoms with Crippen molar-refractivity contribution in [1.29, 1.82) is 0 Å². The van der Waals surface area contributed by atoms with Gasteiger partial charge in [0.15, 0.2) is 0 Å². The number of benzene rings is 1. The van der Waals surface area contributed by atoms with Crippen LogP contribution in [0, 0.1) is 0 Å². The van der Waals surface area contributed by atoms with Crippen LogP contribution in [0.25, 0.3) is 10.8 Å². The van der Waals surface area contributed by atoms with Crippen LogP contribution in [0.5, 0.6) is 0 Å². The summed E-state index contributed by atoms with van der Waals surface area (Å²) in [6.45, 7) is 4.04. The average Bonchev–Trinajstić information content (AvgIpc) is 2.28. The molecule has 0 aliphatic heterocycles. The minimum Gasteiger partial charge on any atom is -0.475 e. The van der Waals surface area contributed by atoms with Gasteiger partial charge in [0.25, 0.3) is 0 Å². The summed E-state index contributed by atoms with van der Waals surface area (Å²) in [7, 11) is 0. The third kappa shape index (κ3) is 2.06. The molecule has 0 fully saturated rings. The van der Waals surface area contributed by atoms with Crippen molar-refractivity contribution in [1.82, 2.24) is 0 Å². The maximum Gasteiger partial charge on any atom is 0.371 e. The molecule has 1 heterocycles. The van der Waals surface area contributed by atoms with E-state index in [0.717, 1.165) is 5.56 Å². The number of hydrogen-bond acceptors (Lipinski definition) is 3. The van der Waals surface area contributed by atoms with Gasteiger partial charge in [0.2, 0.25) is 5.76 Å². The molecule has 0 unspecified atom stereocenters. The van der Waals surface area contributed by atoms with Gasteiger partial charge >= 0.3 is 11.6 Å². The SMILES string of the molecule is CC(C)c1ccc2cc(C(=O)O)oc(=O)c2c1. The highest BCUT2D eigenvalue weighted by molar-refractivity contribution is 5.90. The summed E-state index contributed by atoms with van der Waals surface area (Å²) in [4.78, 5) is 22.4. The van der Waals surface area contributed by atoms with Crippen molar-refractivity contribution in [2.24, 2.45) is 0 Å². The zero-order chi connectivity index (χ0) is 12.6. The molecule has 4 nitrogen and oxygen atoms in total. The average molecular weight is 232 g/mol. The molecule has 2 rings (SSSR count). The van der Waals surface area contributed by atoms with Gasteiger partial charge in [0.1, 0.15) is 0 Å². The monoisotopic (exact) mass is 232 g/mol. The van der Waals surface area contributed by atoms with Gasteiger partial charge in [-0.15, -0.1) is 0 Å². The first-order chi connectivity index (χ1) is 7.99. The Balaban J connectivity index is 2.73. The lowest BCUT2D eigenvalue weighted by atomic mass is 10.0. The smallest absolute Gasteiger partial charge is 0.371 e. The molecule has 0 spiro atoms. The van der Waals surface area contributed by atoms with Crippen molar-refractivity contribution in [2.45, 2.75) is 19.8 Å². The van der Waals surface area contributed by atoms with Crippen LogP contribution in [0.1, 0.15) is 35.9 Å². The van der Waals surface area contributed by atoms with Gasteiger partial charge in [-0.1, -0.05) is 26.0 Å². The molecule has 0 bridgehead atoms. The number of hydrogen-bond donors (Lipinski definition) is 1. The van der Waals surface area contributed by atoms with E-state index in [-0.39, 0.29) is 5.76 Å². The fourth-order valence-electron chi connectivity index (χ4n) is 1.67. The maximum absolute atomic E-state index is 11.6. The van der Waals surface area contributed by atoms with Crippen LogP contribution in [0.3, 0.4) is 0 Å². The first kappa shape index (κ1) is 11.4. The van der Waals surface area contributed by atoms with Crippen LogP contribution in [0.4, 0.5) is 0 Å². The van der Waals surface area contributed by atoms with Gasteiger partial charge in [-0.05, 0) is 29.0 Å². The second-order valence-electron chi connectivity index (χ2n) is 4.20. The Kier molecular flexibility index (Phi) is 2.71. The van der Waals surface area contributed by atoms with E-state index in [9.17, 15) is 9.59 Å². The number of aromatic carboxylic acids is 1. The van der Waals surface area contributed by atoms with Crippen LogP contribution < -0.4 is 5.63 Å². The molecule has 0 amide bonds. The van der Waals surface area contributed by atoms with Crippen LogP contribution in [-0.4, -0.2) is 11.1 Å². The van der Waals surface area contributed by atoms with Gasteiger partial charge in [-0.25, -0.2) is 9.59 Å². The lowest BCUT2D eigenvalue weighted by molar-refractivity contribution is 0.0658. The van der Waals surface area contributed by atoms with Crippen LogP contribution >= 0.6 is 0 Å². The van der Waals surface area contributed by atoms with Crippen molar-refractivity contribution < 1.29 is 14.3 Å². The van der Waals surface area contributed by atoms with Crippen LogP contribution in [0.2, 0.25) is 0 Å². The maximum atomic E-state index is 11.6. The van der Waals surface area contributed by atoms with Gasteiger partial charge in [0.05, 0.1) is 5.39 Å². The largest absolute Gasteiger partial charge is 0.475 e. The normalized spacial score (nSPS) is 11.0. The Morgan fingerprint density at radius 1 is 1.29 bits per heavy atom. The van der Waals surface area contributed by atoms with E-state index in [1.165, 1.54) is 6.07 Å². The molecule has 0 radical (unpaired) electrons. The Morgan fingerprint density at radius 2 is 2.00 bits per heavy atom. The molecule has 1 N–H and O–H groups in total. The summed E-state index contributed by atoms with van der Waals surface area (Å²) in [5.74, 6) is -1.27. The van der Waals surface area contributed by atoms with Gasteiger partial charge < -0.3 is 9.52 Å². The molecule has 0 aliphatic carbocycles. The zero-order valence-corrected chi connectivity index (χ0v) is 9.56. The molecular formula is C13H12O4. The first-order valence-electron chi connectivity index (χ1n) is 5.30. The molecule has 0 saturated carbocycles. The molecule has 88 valence electrons. The van der Waals surface area contributed by atoms with E-state index in [0.29, 0.717) is 16.7 Å². The van der Waals surface area contributed by atoms with Crippen molar-refractivity contribution in [3.05, 3.63) is 46.0 Å². The van der Waals surface area contributed by atoms with Crippen molar-refractivity contribution in [2.75, 3.05) is 0 Å². The molecule has 0 saturated heterocycles. The summed E-state index contributed by atoms with van der Waals surface area (Å²) in [5, 5.41) is 9.78. The number of carboxylic acid groups (broad SMARTS) is 1. The second-order valence-corrected chi connectivity index (χ2v) is 4.20. The van der Waals surface area contributed by atoms with E-state index < -0.39 is 11.6 Å². The van der Waals surface area contributed by atoms with Gasteiger partial charge in [-0.3, -0.25) is 0 Å². The Hall–Kier alpha value is -2.10. The van der Waals surface area contributed by atoms with Crippen LogP contribution in [0.15, 0.2) is 33.5 Å². The lowest BCUT2D eigenvalue weighted by Gasteiger charge is -2.06. The standard InChI is InChI=1S/C13H12O4/c1-7(2)8-3-4-9-6-11(12(14)15)17-13(16)10(9)5-8/h3-7H,1-2H3,(H,14,15). The van der Waals surface area contributed by atoms with E-state index in [4.69, 9.17) is 9.52 Å². The zero-order valence-electron chi connectivity index (χ0n) is 9.56. The highest BCUT2D eigenvalue weighted by Gasteiger charge is 2.11. The fourth-order valence-corrected chi connectivity index (χ4v) is 1.67. The second kappa shape index (κ2) is 4.05. The van der Waals surface area contributed by atoms with Crippen LogP contribution in [-0.2, 0) is 0 Å². The summed E-state index contributed by atoms with van der Waals surface area (Å²) in [6.07, 6.45) is 0. The predicted octanol–water partition coefficient (Wildman–Crippen LogP) is 2.61.